The molecule has 0 bridgehead atoms. The molecule has 0 aliphatic rings. The first-order valence-electron chi connectivity index (χ1n) is 9.31. The number of alkyl halides is 6. The highest BCUT2D eigenvalue weighted by atomic mass is 19.4. The average molecular weight is 590 g/mol. The van der Waals surface area contributed by atoms with E-state index in [0.717, 1.165) is 0 Å². The van der Waals surface area contributed by atoms with E-state index in [4.69, 9.17) is 11.5 Å². The van der Waals surface area contributed by atoms with E-state index < -0.39 is 116 Å². The lowest BCUT2D eigenvalue weighted by molar-refractivity contribution is -0.163. The molecular formula is C20H5F15N2O2. The molecule has 0 spiro atoms. The maximum atomic E-state index is 15.1. The van der Waals surface area contributed by atoms with E-state index in [1.165, 1.54) is 0 Å². The van der Waals surface area contributed by atoms with Crippen LogP contribution in [0.3, 0.4) is 0 Å². The van der Waals surface area contributed by atoms with Gasteiger partial charge < -0.3 is 20.9 Å². The number of ether oxygens (including phenoxy) is 2. The molecule has 0 aliphatic carbocycles. The van der Waals surface area contributed by atoms with Crippen LogP contribution >= 0.6 is 0 Å². The van der Waals surface area contributed by atoms with Gasteiger partial charge in [0, 0.05) is 0 Å². The monoisotopic (exact) mass is 590 g/mol. The molecular weight excluding hydrogens is 585 g/mol. The van der Waals surface area contributed by atoms with Gasteiger partial charge in [-0.1, -0.05) is 0 Å². The highest BCUT2D eigenvalue weighted by Gasteiger charge is 2.49. The van der Waals surface area contributed by atoms with Gasteiger partial charge >= 0.3 is 12.4 Å². The minimum absolute atomic E-state index is 0.881. The van der Waals surface area contributed by atoms with Crippen LogP contribution in [-0.4, -0.2) is 0 Å². The number of hydrogen-bond acceptors (Lipinski definition) is 4. The van der Waals surface area contributed by atoms with Crippen molar-refractivity contribution >= 4 is 11.4 Å². The highest BCUT2D eigenvalue weighted by molar-refractivity contribution is 5.57. The number of anilines is 2. The van der Waals surface area contributed by atoms with Crippen molar-refractivity contribution in [3.63, 3.8) is 0 Å². The van der Waals surface area contributed by atoms with Crippen molar-refractivity contribution in [1.29, 1.82) is 0 Å². The highest BCUT2D eigenvalue weighted by Crippen LogP contribution is 2.51. The Morgan fingerprint density at radius 3 is 1.26 bits per heavy atom. The fraction of sp³-hybridized carbons (Fsp3) is 0.100. The first-order chi connectivity index (χ1) is 17.7. The second kappa shape index (κ2) is 9.53. The molecule has 0 aliphatic heterocycles. The van der Waals surface area contributed by atoms with Crippen LogP contribution < -0.4 is 20.9 Å². The van der Waals surface area contributed by atoms with Crippen molar-refractivity contribution in [3.05, 3.63) is 69.5 Å². The zero-order valence-corrected chi connectivity index (χ0v) is 17.7. The average Bonchev–Trinajstić information content (AvgIpc) is 2.84. The Kier molecular flexibility index (Phi) is 7.17. The Balaban J connectivity index is 2.43. The van der Waals surface area contributed by atoms with E-state index in [0.29, 0.717) is 0 Å². The number of nitrogen functional groups attached to an aromatic ring is 2. The molecule has 4 nitrogen and oxygen atoms in total. The topological polar surface area (TPSA) is 70.5 Å². The van der Waals surface area contributed by atoms with E-state index >= 15 is 4.39 Å². The minimum atomic E-state index is -6.31. The Bertz CT molecular complexity index is 1440. The van der Waals surface area contributed by atoms with Gasteiger partial charge in [-0.3, -0.25) is 0 Å². The first kappa shape index (κ1) is 29.4. The van der Waals surface area contributed by atoms with Gasteiger partial charge in [-0.25, -0.2) is 26.3 Å². The third-order valence-electron chi connectivity index (χ3n) is 4.71. The van der Waals surface area contributed by atoms with Gasteiger partial charge in [0.2, 0.25) is 40.6 Å². The lowest BCUT2D eigenvalue weighted by Crippen LogP contribution is -2.19. The summed E-state index contributed by atoms with van der Waals surface area (Å²) in [6.45, 7) is 0. The number of hydrogen-bond donors (Lipinski definition) is 2. The van der Waals surface area contributed by atoms with Crippen LogP contribution in [0.25, 0.3) is 0 Å². The quantitative estimate of drug-likeness (QED) is 0.141. The summed E-state index contributed by atoms with van der Waals surface area (Å²) in [6, 6.07) is -0.881. The fourth-order valence-electron chi connectivity index (χ4n) is 2.94. The predicted molar refractivity (Wildman–Crippen MR) is 97.9 cm³/mol. The molecule has 39 heavy (non-hydrogen) atoms. The molecule has 0 saturated heterocycles. The van der Waals surface area contributed by atoms with Gasteiger partial charge in [0.1, 0.15) is 16.9 Å². The lowest BCUT2D eigenvalue weighted by atomic mass is 10.0. The molecule has 0 amide bonds. The molecule has 0 aromatic heterocycles. The summed E-state index contributed by atoms with van der Waals surface area (Å²) in [4.78, 5) is 0. The summed E-state index contributed by atoms with van der Waals surface area (Å²) in [5.74, 6) is -33.4. The van der Waals surface area contributed by atoms with Crippen LogP contribution in [0.2, 0.25) is 0 Å². The molecule has 212 valence electrons. The zero-order valence-electron chi connectivity index (χ0n) is 17.7. The molecule has 0 fully saturated rings. The van der Waals surface area contributed by atoms with Gasteiger partial charge in [0.05, 0.1) is 5.56 Å². The first-order valence-corrected chi connectivity index (χ1v) is 9.31. The molecule has 3 rings (SSSR count). The van der Waals surface area contributed by atoms with Crippen LogP contribution in [0.1, 0.15) is 11.1 Å². The fourth-order valence-corrected chi connectivity index (χ4v) is 2.94. The second-order valence-corrected chi connectivity index (χ2v) is 7.14. The normalized spacial score (nSPS) is 12.2. The van der Waals surface area contributed by atoms with Gasteiger partial charge in [0.25, 0.3) is 0 Å². The number of nitrogens with two attached hydrogens (primary N) is 2. The lowest BCUT2D eigenvalue weighted by Gasteiger charge is -2.22. The van der Waals surface area contributed by atoms with Gasteiger partial charge in [-0.15, -0.1) is 0 Å². The Morgan fingerprint density at radius 2 is 0.872 bits per heavy atom. The van der Waals surface area contributed by atoms with Gasteiger partial charge in [-0.05, 0) is 6.07 Å². The molecule has 0 radical (unpaired) electrons. The zero-order chi connectivity index (χ0) is 29.9. The van der Waals surface area contributed by atoms with Crippen molar-refractivity contribution < 1.29 is 75.3 Å². The number of benzene rings is 3. The standard InChI is InChI=1S/C20H5F15N2O2/c21-5-3(38-17-10(26)6(22)8(24)14(36)12(17)28)1-2(19(30,31)32)4(20(33,34)35)16(5)39-18-11(27)7(23)9(25)15(37)13(18)29/h1H,36-37H2. The molecule has 19 heteroatoms. The van der Waals surface area contributed by atoms with Crippen molar-refractivity contribution in [2.24, 2.45) is 0 Å². The minimum Gasteiger partial charge on any atom is -0.448 e. The third-order valence-corrected chi connectivity index (χ3v) is 4.71. The molecule has 0 unspecified atom stereocenters. The van der Waals surface area contributed by atoms with Gasteiger partial charge in [-0.2, -0.15) is 39.5 Å². The summed E-state index contributed by atoms with van der Waals surface area (Å²) in [7, 11) is 0. The van der Waals surface area contributed by atoms with Crippen LogP contribution in [0.4, 0.5) is 77.2 Å². The number of halogens is 15. The molecule has 4 N–H and O–H groups in total. The van der Waals surface area contributed by atoms with E-state index in [9.17, 15) is 61.5 Å². The van der Waals surface area contributed by atoms with Crippen LogP contribution in [0.15, 0.2) is 6.07 Å². The van der Waals surface area contributed by atoms with E-state index in [2.05, 4.69) is 9.47 Å². The van der Waals surface area contributed by atoms with Crippen molar-refractivity contribution in [3.8, 4) is 23.0 Å². The SMILES string of the molecule is Nc1c(F)c(F)c(F)c(Oc2cc(C(F)(F)F)c(C(F)(F)F)c(Oc3c(F)c(N)c(F)c(F)c3F)c2F)c1F. The molecule has 3 aromatic rings. The Labute approximate surface area is 204 Å². The van der Waals surface area contributed by atoms with E-state index in [1.54, 1.807) is 0 Å². The Morgan fingerprint density at radius 1 is 0.462 bits per heavy atom. The smallest absolute Gasteiger partial charge is 0.420 e. The maximum Gasteiger partial charge on any atom is 0.420 e. The second-order valence-electron chi connectivity index (χ2n) is 7.14. The summed E-state index contributed by atoms with van der Waals surface area (Å²) < 4.78 is 215. The number of rotatable bonds is 4. The maximum absolute atomic E-state index is 15.1. The third kappa shape index (κ3) is 4.87. The van der Waals surface area contributed by atoms with E-state index in [-0.39, 0.29) is 0 Å². The van der Waals surface area contributed by atoms with Gasteiger partial charge in [0.15, 0.2) is 34.8 Å². The van der Waals surface area contributed by atoms with Crippen molar-refractivity contribution in [1.82, 2.24) is 0 Å². The molecule has 0 atom stereocenters. The van der Waals surface area contributed by atoms with Crippen LogP contribution in [0, 0.1) is 52.4 Å². The molecule has 0 heterocycles. The predicted octanol–water partition coefficient (Wildman–Crippen LogP) is 7.73. The molecule has 0 saturated carbocycles. The summed E-state index contributed by atoms with van der Waals surface area (Å²) in [5.41, 5.74) is -0.479. The van der Waals surface area contributed by atoms with E-state index in [1.807, 2.05) is 0 Å². The Hall–Kier alpha value is -4.19. The summed E-state index contributed by atoms with van der Waals surface area (Å²) in [6.07, 6.45) is -12.5. The van der Waals surface area contributed by atoms with Crippen LogP contribution in [-0.2, 0) is 12.4 Å². The van der Waals surface area contributed by atoms with Crippen LogP contribution in [0.5, 0.6) is 23.0 Å². The molecule has 3 aromatic carbocycles. The summed E-state index contributed by atoms with van der Waals surface area (Å²) in [5, 5.41) is 0. The summed E-state index contributed by atoms with van der Waals surface area (Å²) >= 11 is 0. The van der Waals surface area contributed by atoms with Crippen molar-refractivity contribution in [2.75, 3.05) is 11.5 Å². The van der Waals surface area contributed by atoms with Crippen molar-refractivity contribution in [2.45, 2.75) is 12.4 Å². The largest absolute Gasteiger partial charge is 0.448 e.